The van der Waals surface area contributed by atoms with Gasteiger partial charge in [0.25, 0.3) is 5.91 Å². The van der Waals surface area contributed by atoms with Gasteiger partial charge in [0.1, 0.15) is 5.69 Å². The predicted molar refractivity (Wildman–Crippen MR) is 97.3 cm³/mol. The fourth-order valence-electron chi connectivity index (χ4n) is 2.27. The predicted octanol–water partition coefficient (Wildman–Crippen LogP) is 1.98. The number of guanidine groups is 1. The van der Waals surface area contributed by atoms with Crippen molar-refractivity contribution in [2.45, 2.75) is 13.8 Å². The van der Waals surface area contributed by atoms with Gasteiger partial charge in [-0.05, 0) is 25.2 Å². The minimum atomic E-state index is -0.278. The number of likely N-dealkylation sites (N-methyl/N-ethyl adjacent to an activating group) is 1. The van der Waals surface area contributed by atoms with E-state index in [0.717, 1.165) is 30.5 Å². The number of H-pyrrole nitrogens is 1. The van der Waals surface area contributed by atoms with E-state index in [2.05, 4.69) is 34.0 Å². The number of rotatable bonds is 6. The summed E-state index contributed by atoms with van der Waals surface area (Å²) in [6, 6.07) is 9.52. The molecule has 1 aromatic carbocycles. The van der Waals surface area contributed by atoms with Gasteiger partial charge in [-0.15, -0.1) is 12.4 Å². The van der Waals surface area contributed by atoms with Crippen LogP contribution in [0.2, 0.25) is 0 Å². The molecule has 2 aromatic rings. The van der Waals surface area contributed by atoms with E-state index in [1.807, 2.05) is 24.3 Å². The first-order valence-electron chi connectivity index (χ1n) is 7.55. The summed E-state index contributed by atoms with van der Waals surface area (Å²) in [5.74, 6) is -0.129. The molecule has 6 nitrogen and oxygen atoms in total. The second-order valence-electron chi connectivity index (χ2n) is 5.02. The Morgan fingerprint density at radius 2 is 2.00 bits per heavy atom. The summed E-state index contributed by atoms with van der Waals surface area (Å²) in [4.78, 5) is 21.6. The van der Waals surface area contributed by atoms with Crippen molar-refractivity contribution < 1.29 is 4.79 Å². The van der Waals surface area contributed by atoms with Crippen LogP contribution in [-0.2, 0) is 0 Å². The molecule has 0 unspecified atom stereocenters. The van der Waals surface area contributed by atoms with E-state index < -0.39 is 0 Å². The van der Waals surface area contributed by atoms with Crippen molar-refractivity contribution in [3.63, 3.8) is 0 Å². The van der Waals surface area contributed by atoms with Crippen LogP contribution in [0.25, 0.3) is 10.9 Å². The number of nitrogens with two attached hydrogens (primary N) is 1. The first kappa shape index (κ1) is 19.0. The molecular weight excluding hydrogens is 314 g/mol. The average molecular weight is 338 g/mol. The monoisotopic (exact) mass is 337 g/mol. The van der Waals surface area contributed by atoms with E-state index >= 15 is 0 Å². The zero-order valence-corrected chi connectivity index (χ0v) is 14.3. The summed E-state index contributed by atoms with van der Waals surface area (Å²) in [5.41, 5.74) is 7.16. The Labute approximate surface area is 142 Å². The molecule has 1 aromatic heterocycles. The molecule has 0 bridgehead atoms. The standard InChI is InChI=1S/C16H23N5O.ClH/c1-3-21(4-2)10-9-18-16(17)20-15(22)14-11-12-7-5-6-8-13(12)19-14;/h5-8,11,19H,3-4,9-10H2,1-2H3,(H3,17,18,20,22);1H. The van der Waals surface area contributed by atoms with Crippen LogP contribution in [0, 0.1) is 0 Å². The summed E-state index contributed by atoms with van der Waals surface area (Å²) in [6.07, 6.45) is 0. The largest absolute Gasteiger partial charge is 0.370 e. The van der Waals surface area contributed by atoms with E-state index in [1.54, 1.807) is 6.07 Å². The maximum atomic E-state index is 12.1. The minimum absolute atomic E-state index is 0. The number of hydrogen-bond acceptors (Lipinski definition) is 3. The SMILES string of the molecule is CCN(CC)CCN=C(N)NC(=O)c1cc2ccccc2[nH]1.Cl. The highest BCUT2D eigenvalue weighted by Gasteiger charge is 2.10. The lowest BCUT2D eigenvalue weighted by atomic mass is 10.2. The second kappa shape index (κ2) is 9.17. The normalized spacial score (nSPS) is 11.5. The highest BCUT2D eigenvalue weighted by Crippen LogP contribution is 2.14. The van der Waals surface area contributed by atoms with Crippen LogP contribution in [0.3, 0.4) is 0 Å². The third kappa shape index (κ3) is 5.26. The molecule has 4 N–H and O–H groups in total. The summed E-state index contributed by atoms with van der Waals surface area (Å²) in [7, 11) is 0. The van der Waals surface area contributed by atoms with Crippen molar-refractivity contribution in [3.05, 3.63) is 36.0 Å². The fraction of sp³-hybridized carbons (Fsp3) is 0.375. The van der Waals surface area contributed by atoms with Crippen molar-refractivity contribution in [1.82, 2.24) is 15.2 Å². The van der Waals surface area contributed by atoms with Crippen LogP contribution >= 0.6 is 12.4 Å². The number of carbonyl (C=O) groups excluding carboxylic acids is 1. The second-order valence-corrected chi connectivity index (χ2v) is 5.02. The van der Waals surface area contributed by atoms with Gasteiger partial charge in [0.15, 0.2) is 5.96 Å². The van der Waals surface area contributed by atoms with Crippen LogP contribution in [0.15, 0.2) is 35.3 Å². The highest BCUT2D eigenvalue weighted by atomic mass is 35.5. The van der Waals surface area contributed by atoms with Gasteiger partial charge < -0.3 is 15.6 Å². The lowest BCUT2D eigenvalue weighted by Crippen LogP contribution is -2.37. The number of aromatic nitrogens is 1. The molecule has 0 saturated carbocycles. The van der Waals surface area contributed by atoms with E-state index in [0.29, 0.717) is 12.2 Å². The minimum Gasteiger partial charge on any atom is -0.370 e. The molecule has 0 atom stereocenters. The van der Waals surface area contributed by atoms with Crippen LogP contribution in [0.4, 0.5) is 0 Å². The number of halogens is 1. The number of amides is 1. The number of hydrogen-bond donors (Lipinski definition) is 3. The van der Waals surface area contributed by atoms with E-state index in [9.17, 15) is 4.79 Å². The lowest BCUT2D eigenvalue weighted by molar-refractivity contribution is 0.0972. The topological polar surface area (TPSA) is 86.5 Å². The highest BCUT2D eigenvalue weighted by molar-refractivity contribution is 6.06. The molecule has 7 heteroatoms. The summed E-state index contributed by atoms with van der Waals surface area (Å²) >= 11 is 0. The summed E-state index contributed by atoms with van der Waals surface area (Å²) in [6.45, 7) is 7.57. The Bertz CT molecular complexity index is 630. The van der Waals surface area contributed by atoms with Crippen molar-refractivity contribution in [2.75, 3.05) is 26.2 Å². The molecule has 0 radical (unpaired) electrons. The summed E-state index contributed by atoms with van der Waals surface area (Å²) in [5, 5.41) is 3.60. The Morgan fingerprint density at radius 3 is 2.65 bits per heavy atom. The van der Waals surface area contributed by atoms with Gasteiger partial charge >= 0.3 is 0 Å². The molecule has 1 amide bonds. The molecule has 0 spiro atoms. The molecule has 1 heterocycles. The Kier molecular flexibility index (Phi) is 7.57. The van der Waals surface area contributed by atoms with Crippen molar-refractivity contribution in [1.29, 1.82) is 0 Å². The average Bonchev–Trinajstić information content (AvgIpc) is 2.95. The van der Waals surface area contributed by atoms with Crippen LogP contribution in [0.1, 0.15) is 24.3 Å². The van der Waals surface area contributed by atoms with Crippen molar-refractivity contribution >= 4 is 35.2 Å². The maximum absolute atomic E-state index is 12.1. The maximum Gasteiger partial charge on any atom is 0.274 e. The Balaban J connectivity index is 0.00000264. The molecule has 0 aliphatic rings. The van der Waals surface area contributed by atoms with E-state index in [-0.39, 0.29) is 24.3 Å². The number of nitrogens with zero attached hydrogens (tertiary/aromatic N) is 2. The smallest absolute Gasteiger partial charge is 0.274 e. The quantitative estimate of drug-likeness (QED) is 0.556. The van der Waals surface area contributed by atoms with Gasteiger partial charge in [-0.3, -0.25) is 15.1 Å². The van der Waals surface area contributed by atoms with E-state index in [4.69, 9.17) is 5.73 Å². The number of para-hydroxylation sites is 1. The van der Waals surface area contributed by atoms with Crippen molar-refractivity contribution in [3.8, 4) is 0 Å². The number of fused-ring (bicyclic) bond motifs is 1. The Hall–Kier alpha value is -2.05. The molecule has 23 heavy (non-hydrogen) atoms. The zero-order chi connectivity index (χ0) is 15.9. The van der Waals surface area contributed by atoms with Crippen LogP contribution in [0.5, 0.6) is 0 Å². The molecule has 2 rings (SSSR count). The first-order chi connectivity index (χ1) is 10.6. The first-order valence-corrected chi connectivity index (χ1v) is 7.55. The number of aliphatic imine (C=N–C) groups is 1. The molecule has 0 saturated heterocycles. The Morgan fingerprint density at radius 1 is 1.30 bits per heavy atom. The van der Waals surface area contributed by atoms with Crippen LogP contribution in [-0.4, -0.2) is 47.9 Å². The zero-order valence-electron chi connectivity index (χ0n) is 13.5. The van der Waals surface area contributed by atoms with Gasteiger partial charge in [0, 0.05) is 17.4 Å². The number of benzene rings is 1. The third-order valence-corrected chi connectivity index (χ3v) is 3.61. The van der Waals surface area contributed by atoms with Crippen LogP contribution < -0.4 is 11.1 Å². The third-order valence-electron chi connectivity index (χ3n) is 3.61. The van der Waals surface area contributed by atoms with Gasteiger partial charge in [0.05, 0.1) is 6.54 Å². The molecular formula is C16H24ClN5O. The number of aromatic amines is 1. The van der Waals surface area contributed by atoms with Gasteiger partial charge in [-0.1, -0.05) is 32.0 Å². The summed E-state index contributed by atoms with van der Waals surface area (Å²) < 4.78 is 0. The number of nitrogens with one attached hydrogen (secondary N) is 2. The lowest BCUT2D eigenvalue weighted by Gasteiger charge is -2.16. The van der Waals surface area contributed by atoms with E-state index in [1.165, 1.54) is 0 Å². The molecule has 0 fully saturated rings. The fourth-order valence-corrected chi connectivity index (χ4v) is 2.27. The van der Waals surface area contributed by atoms with Gasteiger partial charge in [0.2, 0.25) is 0 Å². The molecule has 126 valence electrons. The van der Waals surface area contributed by atoms with Gasteiger partial charge in [-0.2, -0.15) is 0 Å². The number of carbonyl (C=O) groups is 1. The van der Waals surface area contributed by atoms with Crippen molar-refractivity contribution in [2.24, 2.45) is 10.7 Å². The molecule has 0 aliphatic carbocycles. The van der Waals surface area contributed by atoms with Gasteiger partial charge in [-0.25, -0.2) is 0 Å². The molecule has 0 aliphatic heterocycles.